The van der Waals surface area contributed by atoms with Crippen LogP contribution in [-0.4, -0.2) is 36.7 Å². The molecule has 0 aliphatic heterocycles. The van der Waals surface area contributed by atoms with Crippen LogP contribution in [0.1, 0.15) is 10.4 Å². The van der Waals surface area contributed by atoms with E-state index in [1.807, 2.05) is 0 Å². The van der Waals surface area contributed by atoms with Crippen molar-refractivity contribution in [3.63, 3.8) is 0 Å². The second kappa shape index (κ2) is 6.22. The van der Waals surface area contributed by atoms with Gasteiger partial charge in [0.15, 0.2) is 6.04 Å². The topological polar surface area (TPSA) is 75.6 Å². The SMILES string of the molecule is COC[C@H](NC(=O)c1ccccc1Cl)C(=O)O. The number of carbonyl (C=O) groups excluding carboxylic acids is 1. The fourth-order valence-electron chi connectivity index (χ4n) is 1.22. The normalized spacial score (nSPS) is 11.9. The lowest BCUT2D eigenvalue weighted by atomic mass is 10.2. The summed E-state index contributed by atoms with van der Waals surface area (Å²) < 4.78 is 4.70. The van der Waals surface area contributed by atoms with Gasteiger partial charge in [0.1, 0.15) is 0 Å². The molecular formula is C11H12ClNO4. The summed E-state index contributed by atoms with van der Waals surface area (Å²) in [5, 5.41) is 11.4. The van der Waals surface area contributed by atoms with Gasteiger partial charge < -0.3 is 15.2 Å². The number of nitrogens with one attached hydrogen (secondary N) is 1. The molecule has 0 bridgehead atoms. The van der Waals surface area contributed by atoms with Gasteiger partial charge in [0, 0.05) is 7.11 Å². The van der Waals surface area contributed by atoms with Gasteiger partial charge in [0.25, 0.3) is 5.91 Å². The highest BCUT2D eigenvalue weighted by molar-refractivity contribution is 6.33. The van der Waals surface area contributed by atoms with E-state index in [0.29, 0.717) is 0 Å². The average Bonchev–Trinajstić information content (AvgIpc) is 2.28. The van der Waals surface area contributed by atoms with Crippen molar-refractivity contribution in [2.45, 2.75) is 6.04 Å². The molecule has 0 heterocycles. The number of amides is 1. The number of carboxylic acid groups (broad SMARTS) is 1. The Morgan fingerprint density at radius 2 is 2.12 bits per heavy atom. The molecule has 6 heteroatoms. The molecule has 1 aromatic carbocycles. The largest absolute Gasteiger partial charge is 0.480 e. The van der Waals surface area contributed by atoms with Crippen LogP contribution < -0.4 is 5.32 Å². The van der Waals surface area contributed by atoms with Gasteiger partial charge in [-0.25, -0.2) is 4.79 Å². The van der Waals surface area contributed by atoms with Gasteiger partial charge in [-0.05, 0) is 12.1 Å². The number of hydrogen-bond acceptors (Lipinski definition) is 3. The fourth-order valence-corrected chi connectivity index (χ4v) is 1.44. The molecule has 0 saturated carbocycles. The molecule has 0 saturated heterocycles. The maximum Gasteiger partial charge on any atom is 0.328 e. The second-order valence-electron chi connectivity index (χ2n) is 3.30. The Hall–Kier alpha value is -1.59. The third-order valence-corrected chi connectivity index (χ3v) is 2.38. The maximum absolute atomic E-state index is 11.7. The Bertz CT molecular complexity index is 422. The van der Waals surface area contributed by atoms with Crippen LogP contribution in [0.15, 0.2) is 24.3 Å². The lowest BCUT2D eigenvalue weighted by Crippen LogP contribution is -2.43. The summed E-state index contributed by atoms with van der Waals surface area (Å²) in [6, 6.07) is 5.31. The van der Waals surface area contributed by atoms with Gasteiger partial charge in [-0.1, -0.05) is 23.7 Å². The first kappa shape index (κ1) is 13.5. The van der Waals surface area contributed by atoms with E-state index in [1.165, 1.54) is 13.2 Å². The Morgan fingerprint density at radius 3 is 2.65 bits per heavy atom. The number of halogens is 1. The molecule has 0 fully saturated rings. The lowest BCUT2D eigenvalue weighted by Gasteiger charge is -2.13. The molecule has 0 aliphatic rings. The lowest BCUT2D eigenvalue weighted by molar-refractivity contribution is -0.140. The summed E-state index contributed by atoms with van der Waals surface area (Å²) >= 11 is 5.82. The number of hydrogen-bond donors (Lipinski definition) is 2. The monoisotopic (exact) mass is 257 g/mol. The minimum absolute atomic E-state index is 0.106. The number of ether oxygens (including phenoxy) is 1. The van der Waals surface area contributed by atoms with E-state index < -0.39 is 17.9 Å². The molecule has 0 aliphatic carbocycles. The zero-order chi connectivity index (χ0) is 12.8. The van der Waals surface area contributed by atoms with Crippen LogP contribution in [0.2, 0.25) is 5.02 Å². The first-order valence-corrected chi connectivity index (χ1v) is 5.21. The van der Waals surface area contributed by atoms with E-state index in [9.17, 15) is 9.59 Å². The van der Waals surface area contributed by atoms with Gasteiger partial charge in [0.2, 0.25) is 0 Å². The molecule has 0 spiro atoms. The Kier molecular flexibility index (Phi) is 4.93. The Morgan fingerprint density at radius 1 is 1.47 bits per heavy atom. The summed E-state index contributed by atoms with van der Waals surface area (Å²) in [5.74, 6) is -1.70. The van der Waals surface area contributed by atoms with Gasteiger partial charge in [-0.2, -0.15) is 0 Å². The predicted molar refractivity (Wildman–Crippen MR) is 62.2 cm³/mol. The van der Waals surface area contributed by atoms with Gasteiger partial charge >= 0.3 is 5.97 Å². The third-order valence-electron chi connectivity index (χ3n) is 2.06. The van der Waals surface area contributed by atoms with E-state index in [4.69, 9.17) is 21.4 Å². The van der Waals surface area contributed by atoms with Gasteiger partial charge in [-0.3, -0.25) is 4.79 Å². The quantitative estimate of drug-likeness (QED) is 0.830. The standard InChI is InChI=1S/C11H12ClNO4/c1-17-6-9(11(15)16)13-10(14)7-4-2-3-5-8(7)12/h2-5,9H,6H2,1H3,(H,13,14)(H,15,16)/t9-/m0/s1. The molecule has 0 radical (unpaired) electrons. The number of methoxy groups -OCH3 is 1. The van der Waals surface area contributed by atoms with Crippen LogP contribution in [0, 0.1) is 0 Å². The van der Waals surface area contributed by atoms with Crippen LogP contribution in [-0.2, 0) is 9.53 Å². The van der Waals surface area contributed by atoms with Crippen molar-refractivity contribution in [3.8, 4) is 0 Å². The summed E-state index contributed by atoms with van der Waals surface area (Å²) in [6.07, 6.45) is 0. The van der Waals surface area contributed by atoms with Crippen molar-refractivity contribution in [1.82, 2.24) is 5.32 Å². The van der Waals surface area contributed by atoms with Crippen molar-refractivity contribution in [1.29, 1.82) is 0 Å². The minimum atomic E-state index is -1.16. The third kappa shape index (κ3) is 3.72. The van der Waals surface area contributed by atoms with Crippen molar-refractivity contribution < 1.29 is 19.4 Å². The van der Waals surface area contributed by atoms with Crippen LogP contribution in [0.4, 0.5) is 0 Å². The Labute approximate surface area is 103 Å². The summed E-state index contributed by atoms with van der Waals surface area (Å²) in [7, 11) is 1.36. The number of rotatable bonds is 5. The van der Waals surface area contributed by atoms with Crippen molar-refractivity contribution in [3.05, 3.63) is 34.9 Å². The van der Waals surface area contributed by atoms with E-state index in [-0.39, 0.29) is 17.2 Å². The predicted octanol–water partition coefficient (Wildman–Crippen LogP) is 1.17. The zero-order valence-corrected chi connectivity index (χ0v) is 9.90. The van der Waals surface area contributed by atoms with Crippen LogP contribution in [0.5, 0.6) is 0 Å². The summed E-state index contributed by atoms with van der Waals surface area (Å²) in [6.45, 7) is -0.106. The van der Waals surface area contributed by atoms with E-state index >= 15 is 0 Å². The molecule has 17 heavy (non-hydrogen) atoms. The smallest absolute Gasteiger partial charge is 0.328 e. The van der Waals surface area contributed by atoms with Gasteiger partial charge in [0.05, 0.1) is 17.2 Å². The molecular weight excluding hydrogens is 246 g/mol. The van der Waals surface area contributed by atoms with Crippen LogP contribution in [0.3, 0.4) is 0 Å². The maximum atomic E-state index is 11.7. The fraction of sp³-hybridized carbons (Fsp3) is 0.273. The molecule has 2 N–H and O–H groups in total. The first-order valence-electron chi connectivity index (χ1n) is 4.83. The molecule has 1 rings (SSSR count). The van der Waals surface area contributed by atoms with Crippen LogP contribution in [0.25, 0.3) is 0 Å². The first-order chi connectivity index (χ1) is 8.06. The van der Waals surface area contributed by atoms with Crippen molar-refractivity contribution >= 4 is 23.5 Å². The molecule has 1 atom stereocenters. The van der Waals surface area contributed by atoms with E-state index in [1.54, 1.807) is 18.2 Å². The Balaban J connectivity index is 2.77. The highest BCUT2D eigenvalue weighted by Gasteiger charge is 2.21. The van der Waals surface area contributed by atoms with Crippen molar-refractivity contribution in [2.24, 2.45) is 0 Å². The molecule has 92 valence electrons. The second-order valence-corrected chi connectivity index (χ2v) is 3.71. The molecule has 1 aromatic rings. The number of benzene rings is 1. The number of carbonyl (C=O) groups is 2. The highest BCUT2D eigenvalue weighted by Crippen LogP contribution is 2.14. The van der Waals surface area contributed by atoms with E-state index in [0.717, 1.165) is 0 Å². The minimum Gasteiger partial charge on any atom is -0.480 e. The average molecular weight is 258 g/mol. The highest BCUT2D eigenvalue weighted by atomic mass is 35.5. The zero-order valence-electron chi connectivity index (χ0n) is 9.14. The molecule has 5 nitrogen and oxygen atoms in total. The van der Waals surface area contributed by atoms with Crippen molar-refractivity contribution in [2.75, 3.05) is 13.7 Å². The summed E-state index contributed by atoms with van der Waals surface area (Å²) in [4.78, 5) is 22.6. The molecule has 1 amide bonds. The number of aliphatic carboxylic acids is 1. The van der Waals surface area contributed by atoms with Crippen LogP contribution >= 0.6 is 11.6 Å². The van der Waals surface area contributed by atoms with Gasteiger partial charge in [-0.15, -0.1) is 0 Å². The molecule has 0 aromatic heterocycles. The molecule has 0 unspecified atom stereocenters. The van der Waals surface area contributed by atoms with E-state index in [2.05, 4.69) is 5.32 Å². The summed E-state index contributed by atoms with van der Waals surface area (Å²) in [5.41, 5.74) is 0.233. The number of carboxylic acids is 1.